The molecule has 2 N–H and O–H groups in total. The topological polar surface area (TPSA) is 71.1 Å². The zero-order valence-corrected chi connectivity index (χ0v) is 16.9. The van der Waals surface area contributed by atoms with E-state index in [1.54, 1.807) is 47.7 Å². The maximum Gasteiger partial charge on any atom is 0.255 e. The van der Waals surface area contributed by atoms with E-state index in [1.807, 2.05) is 53.9 Å². The molecule has 148 valence electrons. The van der Waals surface area contributed by atoms with E-state index in [2.05, 4.69) is 15.6 Å². The monoisotopic (exact) mass is 413 g/mol. The van der Waals surface area contributed by atoms with E-state index in [4.69, 9.17) is 0 Å². The van der Waals surface area contributed by atoms with Crippen molar-refractivity contribution in [1.29, 1.82) is 0 Å². The van der Waals surface area contributed by atoms with E-state index in [0.29, 0.717) is 23.4 Å². The molecule has 0 aliphatic carbocycles. The van der Waals surface area contributed by atoms with Gasteiger partial charge in [0, 0.05) is 27.8 Å². The third kappa shape index (κ3) is 4.79. The predicted octanol–water partition coefficient (Wildman–Crippen LogP) is 4.99. The number of hydrogen-bond donors (Lipinski definition) is 2. The number of carbonyl (C=O) groups is 2. The minimum atomic E-state index is -0.190. The lowest BCUT2D eigenvalue weighted by molar-refractivity contribution is 0.0950. The van der Waals surface area contributed by atoms with Gasteiger partial charge in [0.2, 0.25) is 0 Å². The van der Waals surface area contributed by atoms with Gasteiger partial charge in [0.15, 0.2) is 0 Å². The number of anilines is 1. The SMILES string of the molecule is O=C(NCc1csc(-c2ccccc2)n1)c1ccc(NC(=O)c2ccccc2)cc1. The molecule has 0 atom stereocenters. The highest BCUT2D eigenvalue weighted by atomic mass is 32.1. The van der Waals surface area contributed by atoms with E-state index >= 15 is 0 Å². The number of nitrogens with one attached hydrogen (secondary N) is 2. The van der Waals surface area contributed by atoms with E-state index in [-0.39, 0.29) is 11.8 Å². The van der Waals surface area contributed by atoms with Crippen molar-refractivity contribution in [1.82, 2.24) is 10.3 Å². The summed E-state index contributed by atoms with van der Waals surface area (Å²) in [5.41, 5.74) is 3.61. The van der Waals surface area contributed by atoms with Gasteiger partial charge in [-0.1, -0.05) is 48.5 Å². The highest BCUT2D eigenvalue weighted by Crippen LogP contribution is 2.23. The Morgan fingerprint density at radius 3 is 2.10 bits per heavy atom. The van der Waals surface area contributed by atoms with Crippen LogP contribution in [-0.2, 0) is 6.54 Å². The largest absolute Gasteiger partial charge is 0.346 e. The first-order valence-electron chi connectivity index (χ1n) is 9.43. The third-order valence-corrected chi connectivity index (χ3v) is 5.38. The first kappa shape index (κ1) is 19.5. The van der Waals surface area contributed by atoms with Crippen molar-refractivity contribution in [3.63, 3.8) is 0 Å². The molecule has 3 aromatic carbocycles. The molecule has 2 amide bonds. The molecule has 4 aromatic rings. The van der Waals surface area contributed by atoms with Crippen molar-refractivity contribution in [2.24, 2.45) is 0 Å². The number of nitrogens with zero attached hydrogens (tertiary/aromatic N) is 1. The van der Waals surface area contributed by atoms with Gasteiger partial charge in [0.1, 0.15) is 5.01 Å². The summed E-state index contributed by atoms with van der Waals surface area (Å²) in [5, 5.41) is 8.58. The first-order chi connectivity index (χ1) is 14.7. The second-order valence-electron chi connectivity index (χ2n) is 6.59. The number of thiazole rings is 1. The van der Waals surface area contributed by atoms with Crippen LogP contribution >= 0.6 is 11.3 Å². The van der Waals surface area contributed by atoms with E-state index < -0.39 is 0 Å². The molecule has 6 heteroatoms. The Balaban J connectivity index is 1.33. The van der Waals surface area contributed by atoms with Crippen molar-refractivity contribution in [2.45, 2.75) is 6.54 Å². The summed E-state index contributed by atoms with van der Waals surface area (Å²) >= 11 is 1.55. The summed E-state index contributed by atoms with van der Waals surface area (Å²) in [6.07, 6.45) is 0. The van der Waals surface area contributed by atoms with Crippen LogP contribution in [0.25, 0.3) is 10.6 Å². The smallest absolute Gasteiger partial charge is 0.255 e. The lowest BCUT2D eigenvalue weighted by Gasteiger charge is -2.07. The Labute approximate surface area is 178 Å². The molecule has 0 spiro atoms. The average Bonchev–Trinajstić information content (AvgIpc) is 3.28. The fourth-order valence-corrected chi connectivity index (χ4v) is 3.70. The normalized spacial score (nSPS) is 10.4. The van der Waals surface area contributed by atoms with Crippen LogP contribution in [0.15, 0.2) is 90.3 Å². The maximum atomic E-state index is 12.4. The van der Waals surface area contributed by atoms with Crippen LogP contribution in [0, 0.1) is 0 Å². The van der Waals surface area contributed by atoms with Crippen molar-refractivity contribution in [2.75, 3.05) is 5.32 Å². The fourth-order valence-electron chi connectivity index (χ4n) is 2.87. The van der Waals surface area contributed by atoms with Crippen LogP contribution in [0.1, 0.15) is 26.4 Å². The van der Waals surface area contributed by atoms with Gasteiger partial charge >= 0.3 is 0 Å². The molecule has 0 saturated heterocycles. The summed E-state index contributed by atoms with van der Waals surface area (Å²) < 4.78 is 0. The Bertz CT molecular complexity index is 1140. The molecule has 1 heterocycles. The highest BCUT2D eigenvalue weighted by Gasteiger charge is 2.09. The Hall–Kier alpha value is -3.77. The van der Waals surface area contributed by atoms with Crippen LogP contribution in [0.3, 0.4) is 0 Å². The number of carbonyl (C=O) groups excluding carboxylic acids is 2. The molecule has 0 saturated carbocycles. The average molecular weight is 414 g/mol. The molecule has 30 heavy (non-hydrogen) atoms. The van der Waals surface area contributed by atoms with Gasteiger partial charge in [-0.05, 0) is 36.4 Å². The van der Waals surface area contributed by atoms with Crippen LogP contribution in [-0.4, -0.2) is 16.8 Å². The molecule has 5 nitrogen and oxygen atoms in total. The zero-order chi connectivity index (χ0) is 20.8. The summed E-state index contributed by atoms with van der Waals surface area (Å²) in [6, 6.07) is 25.7. The number of rotatable bonds is 6. The molecule has 4 rings (SSSR count). The summed E-state index contributed by atoms with van der Waals surface area (Å²) in [4.78, 5) is 29.2. The molecule has 0 bridgehead atoms. The molecule has 1 aromatic heterocycles. The Morgan fingerprint density at radius 1 is 0.767 bits per heavy atom. The Morgan fingerprint density at radius 2 is 1.40 bits per heavy atom. The van der Waals surface area contributed by atoms with Crippen molar-refractivity contribution >= 4 is 28.8 Å². The lowest BCUT2D eigenvalue weighted by atomic mass is 10.1. The van der Waals surface area contributed by atoms with Gasteiger partial charge in [0.05, 0.1) is 12.2 Å². The number of hydrogen-bond acceptors (Lipinski definition) is 4. The molecule has 0 aliphatic heterocycles. The van der Waals surface area contributed by atoms with Crippen molar-refractivity contribution < 1.29 is 9.59 Å². The second-order valence-corrected chi connectivity index (χ2v) is 7.45. The predicted molar refractivity (Wildman–Crippen MR) is 120 cm³/mol. The lowest BCUT2D eigenvalue weighted by Crippen LogP contribution is -2.23. The second kappa shape index (κ2) is 9.15. The quantitative estimate of drug-likeness (QED) is 0.468. The van der Waals surface area contributed by atoms with E-state index in [1.165, 1.54) is 0 Å². The number of aromatic nitrogens is 1. The van der Waals surface area contributed by atoms with Crippen LogP contribution in [0.2, 0.25) is 0 Å². The molecule has 0 radical (unpaired) electrons. The van der Waals surface area contributed by atoms with Gasteiger partial charge in [-0.2, -0.15) is 0 Å². The van der Waals surface area contributed by atoms with Crippen molar-refractivity contribution in [3.05, 3.63) is 107 Å². The van der Waals surface area contributed by atoms with Crippen LogP contribution in [0.4, 0.5) is 5.69 Å². The third-order valence-electron chi connectivity index (χ3n) is 4.44. The van der Waals surface area contributed by atoms with Crippen LogP contribution in [0.5, 0.6) is 0 Å². The summed E-state index contributed by atoms with van der Waals surface area (Å²) in [6.45, 7) is 0.356. The van der Waals surface area contributed by atoms with Gasteiger partial charge in [0.25, 0.3) is 11.8 Å². The summed E-state index contributed by atoms with van der Waals surface area (Å²) in [5.74, 6) is -0.379. The molecule has 0 aliphatic rings. The Kier molecular flexibility index (Phi) is 5.96. The number of amides is 2. The van der Waals surface area contributed by atoms with Gasteiger partial charge in [-0.3, -0.25) is 9.59 Å². The minimum absolute atomic E-state index is 0.189. The van der Waals surface area contributed by atoms with Crippen LogP contribution < -0.4 is 10.6 Å². The van der Waals surface area contributed by atoms with Crippen molar-refractivity contribution in [3.8, 4) is 10.6 Å². The molecule has 0 fully saturated rings. The first-order valence-corrected chi connectivity index (χ1v) is 10.3. The zero-order valence-electron chi connectivity index (χ0n) is 16.0. The van der Waals surface area contributed by atoms with E-state index in [0.717, 1.165) is 16.3 Å². The minimum Gasteiger partial charge on any atom is -0.346 e. The fraction of sp³-hybridized carbons (Fsp3) is 0.0417. The van der Waals surface area contributed by atoms with Gasteiger partial charge in [-0.25, -0.2) is 4.98 Å². The maximum absolute atomic E-state index is 12.4. The molecule has 0 unspecified atom stereocenters. The highest BCUT2D eigenvalue weighted by molar-refractivity contribution is 7.13. The number of benzene rings is 3. The van der Waals surface area contributed by atoms with E-state index in [9.17, 15) is 9.59 Å². The van der Waals surface area contributed by atoms with Gasteiger partial charge < -0.3 is 10.6 Å². The van der Waals surface area contributed by atoms with Gasteiger partial charge in [-0.15, -0.1) is 11.3 Å². The molecular weight excluding hydrogens is 394 g/mol. The molecular formula is C24H19N3O2S. The standard InChI is InChI=1S/C24H19N3O2S/c28-22(25-15-21-16-30-24(27-21)19-9-5-2-6-10-19)18-11-13-20(14-12-18)26-23(29)17-7-3-1-4-8-17/h1-14,16H,15H2,(H,25,28)(H,26,29). The summed E-state index contributed by atoms with van der Waals surface area (Å²) in [7, 11) is 0.